The van der Waals surface area contributed by atoms with E-state index in [9.17, 15) is 9.59 Å². The van der Waals surface area contributed by atoms with Crippen molar-refractivity contribution in [2.45, 2.75) is 25.4 Å². The molecule has 1 saturated heterocycles. The number of furan rings is 1. The molecule has 4 rings (SSSR count). The number of likely N-dealkylation sites (tertiary alicyclic amines) is 1. The molecule has 6 nitrogen and oxygen atoms in total. The van der Waals surface area contributed by atoms with Crippen LogP contribution in [-0.4, -0.2) is 42.5 Å². The second-order valence-electron chi connectivity index (χ2n) is 7.33. The molecule has 3 aromatic rings. The van der Waals surface area contributed by atoms with Crippen LogP contribution in [0.4, 0.5) is 0 Å². The zero-order valence-electron chi connectivity index (χ0n) is 16.2. The monoisotopic (exact) mass is 392 g/mol. The molecule has 29 heavy (non-hydrogen) atoms. The Hall–Kier alpha value is -3.12. The van der Waals surface area contributed by atoms with Gasteiger partial charge in [-0.25, -0.2) is 4.79 Å². The number of carbonyl (C=O) groups is 2. The Balaban J connectivity index is 1.19. The van der Waals surface area contributed by atoms with E-state index in [0.29, 0.717) is 5.58 Å². The van der Waals surface area contributed by atoms with Crippen LogP contribution in [0.15, 0.2) is 65.1 Å². The van der Waals surface area contributed by atoms with Gasteiger partial charge in [-0.2, -0.15) is 0 Å². The highest BCUT2D eigenvalue weighted by atomic mass is 16.5. The third-order valence-electron chi connectivity index (χ3n) is 5.16. The number of amides is 1. The molecule has 0 bridgehead atoms. The predicted octanol–water partition coefficient (Wildman–Crippen LogP) is 3.37. The van der Waals surface area contributed by atoms with Crippen LogP contribution < -0.4 is 5.32 Å². The van der Waals surface area contributed by atoms with Crippen molar-refractivity contribution in [1.82, 2.24) is 10.2 Å². The van der Waals surface area contributed by atoms with Gasteiger partial charge in [-0.05, 0) is 30.5 Å². The molecule has 0 saturated carbocycles. The number of hydrogen-bond donors (Lipinski definition) is 1. The summed E-state index contributed by atoms with van der Waals surface area (Å²) in [5.74, 6) is -0.807. The molecule has 1 amide bonds. The van der Waals surface area contributed by atoms with Crippen molar-refractivity contribution in [3.05, 3.63) is 72.0 Å². The van der Waals surface area contributed by atoms with E-state index in [4.69, 9.17) is 9.15 Å². The lowest BCUT2D eigenvalue weighted by molar-refractivity contribution is -0.125. The zero-order chi connectivity index (χ0) is 20.1. The van der Waals surface area contributed by atoms with Gasteiger partial charge in [0.05, 0.1) is 0 Å². The second kappa shape index (κ2) is 8.92. The van der Waals surface area contributed by atoms with Crippen molar-refractivity contribution >= 4 is 22.8 Å². The fraction of sp³-hybridized carbons (Fsp3) is 0.304. The molecule has 1 aliphatic rings. The summed E-state index contributed by atoms with van der Waals surface area (Å²) in [6, 6.07) is 19.4. The van der Waals surface area contributed by atoms with Crippen LogP contribution in [0, 0.1) is 0 Å². The maximum atomic E-state index is 12.2. The van der Waals surface area contributed by atoms with Crippen molar-refractivity contribution in [1.29, 1.82) is 0 Å². The summed E-state index contributed by atoms with van der Waals surface area (Å²) in [4.78, 5) is 26.7. The lowest BCUT2D eigenvalue weighted by Gasteiger charge is -2.32. The molecule has 1 aromatic heterocycles. The molecule has 1 N–H and O–H groups in total. The summed E-state index contributed by atoms with van der Waals surface area (Å²) < 4.78 is 10.6. The third-order valence-corrected chi connectivity index (χ3v) is 5.16. The molecule has 2 heterocycles. The molecule has 1 aliphatic heterocycles. The van der Waals surface area contributed by atoms with Gasteiger partial charge in [0.15, 0.2) is 6.61 Å². The first-order valence-corrected chi connectivity index (χ1v) is 9.89. The van der Waals surface area contributed by atoms with Gasteiger partial charge in [0, 0.05) is 31.1 Å². The normalized spacial score (nSPS) is 15.3. The minimum atomic E-state index is -0.631. The Morgan fingerprint density at radius 3 is 2.52 bits per heavy atom. The number of rotatable bonds is 6. The number of carbonyl (C=O) groups excluding carboxylic acids is 2. The van der Waals surface area contributed by atoms with Crippen LogP contribution in [0.1, 0.15) is 29.0 Å². The first-order valence-electron chi connectivity index (χ1n) is 9.89. The number of hydrogen-bond acceptors (Lipinski definition) is 5. The van der Waals surface area contributed by atoms with Crippen molar-refractivity contribution in [3.8, 4) is 0 Å². The van der Waals surface area contributed by atoms with E-state index in [1.165, 1.54) is 5.56 Å². The molecule has 0 unspecified atom stereocenters. The SMILES string of the molecule is O=C(COC(=O)c1cc2ccccc2o1)NC1CCN(Cc2ccccc2)CC1. The Morgan fingerprint density at radius 2 is 1.76 bits per heavy atom. The van der Waals surface area contributed by atoms with E-state index in [1.54, 1.807) is 12.1 Å². The summed E-state index contributed by atoms with van der Waals surface area (Å²) in [5.41, 5.74) is 1.92. The first kappa shape index (κ1) is 19.2. The topological polar surface area (TPSA) is 71.8 Å². The summed E-state index contributed by atoms with van der Waals surface area (Å²) in [7, 11) is 0. The van der Waals surface area contributed by atoms with Gasteiger partial charge in [0.1, 0.15) is 5.58 Å². The van der Waals surface area contributed by atoms with Gasteiger partial charge in [0.2, 0.25) is 5.76 Å². The van der Waals surface area contributed by atoms with Gasteiger partial charge in [-0.15, -0.1) is 0 Å². The number of esters is 1. The summed E-state index contributed by atoms with van der Waals surface area (Å²) in [6.07, 6.45) is 1.77. The highest BCUT2D eigenvalue weighted by Crippen LogP contribution is 2.19. The quantitative estimate of drug-likeness (QED) is 0.651. The Kier molecular flexibility index (Phi) is 5.91. The summed E-state index contributed by atoms with van der Waals surface area (Å²) >= 11 is 0. The number of para-hydroxylation sites is 1. The Labute approximate surface area is 169 Å². The van der Waals surface area contributed by atoms with Crippen LogP contribution in [-0.2, 0) is 16.1 Å². The molecule has 2 aromatic carbocycles. The standard InChI is InChI=1S/C23H24N2O4/c26-22(16-28-23(27)21-14-18-8-4-5-9-20(18)29-21)24-19-10-12-25(13-11-19)15-17-6-2-1-3-7-17/h1-9,14,19H,10-13,15-16H2,(H,24,26). The van der Waals surface area contributed by atoms with Crippen molar-refractivity contribution in [2.24, 2.45) is 0 Å². The summed E-state index contributed by atoms with van der Waals surface area (Å²) in [5, 5.41) is 3.79. The van der Waals surface area contributed by atoms with Crippen LogP contribution in [0.3, 0.4) is 0 Å². The minimum absolute atomic E-state index is 0.105. The molecule has 6 heteroatoms. The lowest BCUT2D eigenvalue weighted by atomic mass is 10.0. The van der Waals surface area contributed by atoms with Crippen molar-refractivity contribution < 1.29 is 18.7 Å². The molecule has 0 radical (unpaired) electrons. The van der Waals surface area contributed by atoms with Crippen molar-refractivity contribution in [3.63, 3.8) is 0 Å². The Morgan fingerprint density at radius 1 is 1.03 bits per heavy atom. The molecule has 0 aliphatic carbocycles. The van der Waals surface area contributed by atoms with E-state index >= 15 is 0 Å². The van der Waals surface area contributed by atoms with E-state index in [2.05, 4.69) is 34.5 Å². The Bertz CT molecular complexity index is 942. The smallest absolute Gasteiger partial charge is 0.374 e. The molecule has 0 spiro atoms. The van der Waals surface area contributed by atoms with Crippen LogP contribution in [0.2, 0.25) is 0 Å². The first-order chi connectivity index (χ1) is 14.2. The van der Waals surface area contributed by atoms with Crippen LogP contribution in [0.5, 0.6) is 0 Å². The lowest BCUT2D eigenvalue weighted by Crippen LogP contribution is -2.45. The highest BCUT2D eigenvalue weighted by molar-refractivity contribution is 5.93. The van der Waals surface area contributed by atoms with E-state index in [0.717, 1.165) is 37.9 Å². The van der Waals surface area contributed by atoms with E-state index < -0.39 is 5.97 Å². The van der Waals surface area contributed by atoms with Gasteiger partial charge in [0.25, 0.3) is 5.91 Å². The second-order valence-corrected chi connectivity index (χ2v) is 7.33. The molecule has 150 valence electrons. The number of benzene rings is 2. The van der Waals surface area contributed by atoms with E-state index in [1.807, 2.05) is 24.3 Å². The number of ether oxygens (including phenoxy) is 1. The molecule has 1 fully saturated rings. The van der Waals surface area contributed by atoms with Crippen LogP contribution >= 0.6 is 0 Å². The maximum Gasteiger partial charge on any atom is 0.374 e. The molecular formula is C23H24N2O4. The largest absolute Gasteiger partial charge is 0.450 e. The number of fused-ring (bicyclic) bond motifs is 1. The number of piperidine rings is 1. The number of nitrogens with zero attached hydrogens (tertiary/aromatic N) is 1. The average molecular weight is 392 g/mol. The zero-order valence-corrected chi connectivity index (χ0v) is 16.2. The van der Waals surface area contributed by atoms with Gasteiger partial charge >= 0.3 is 5.97 Å². The van der Waals surface area contributed by atoms with Gasteiger partial charge in [-0.1, -0.05) is 48.5 Å². The van der Waals surface area contributed by atoms with Gasteiger partial charge in [-0.3, -0.25) is 9.69 Å². The van der Waals surface area contributed by atoms with Crippen LogP contribution in [0.25, 0.3) is 11.0 Å². The average Bonchev–Trinajstić information content (AvgIpc) is 3.19. The minimum Gasteiger partial charge on any atom is -0.450 e. The van der Waals surface area contributed by atoms with Gasteiger partial charge < -0.3 is 14.5 Å². The third kappa shape index (κ3) is 5.03. The predicted molar refractivity (Wildman–Crippen MR) is 109 cm³/mol. The van der Waals surface area contributed by atoms with E-state index in [-0.39, 0.29) is 24.3 Å². The highest BCUT2D eigenvalue weighted by Gasteiger charge is 2.22. The molecular weight excluding hydrogens is 368 g/mol. The maximum absolute atomic E-state index is 12.2. The van der Waals surface area contributed by atoms with Crippen molar-refractivity contribution in [2.75, 3.05) is 19.7 Å². The fourth-order valence-electron chi connectivity index (χ4n) is 3.63. The fourth-order valence-corrected chi connectivity index (χ4v) is 3.63. The summed E-state index contributed by atoms with van der Waals surface area (Å²) in [6.45, 7) is 2.48. The number of nitrogens with one attached hydrogen (secondary N) is 1. The molecule has 0 atom stereocenters.